The highest BCUT2D eigenvalue weighted by molar-refractivity contribution is 9.10. The molecule has 0 radical (unpaired) electrons. The third-order valence-electron chi connectivity index (χ3n) is 2.17. The van der Waals surface area contributed by atoms with Crippen molar-refractivity contribution in [1.29, 1.82) is 0 Å². The summed E-state index contributed by atoms with van der Waals surface area (Å²) in [6, 6.07) is 6.92. The number of halogens is 2. The van der Waals surface area contributed by atoms with Crippen LogP contribution in [0.3, 0.4) is 0 Å². The molecule has 94 valence electrons. The fourth-order valence-electron chi connectivity index (χ4n) is 1.31. The molecule has 1 aromatic carbocycles. The van der Waals surface area contributed by atoms with Crippen LogP contribution < -0.4 is 15.2 Å². The number of aromatic nitrogens is 1. The van der Waals surface area contributed by atoms with Crippen LogP contribution in [0.1, 0.15) is 0 Å². The second kappa shape index (κ2) is 5.46. The van der Waals surface area contributed by atoms with Crippen molar-refractivity contribution in [2.24, 2.45) is 0 Å². The van der Waals surface area contributed by atoms with E-state index in [0.717, 1.165) is 10.2 Å². The molecule has 18 heavy (non-hydrogen) atoms. The van der Waals surface area contributed by atoms with Gasteiger partial charge in [-0.3, -0.25) is 0 Å². The van der Waals surface area contributed by atoms with Crippen molar-refractivity contribution < 1.29 is 9.47 Å². The summed E-state index contributed by atoms with van der Waals surface area (Å²) in [6.07, 6.45) is 1.48. The summed E-state index contributed by atoms with van der Waals surface area (Å²) < 4.78 is 11.4. The van der Waals surface area contributed by atoms with E-state index in [4.69, 9.17) is 26.8 Å². The maximum Gasteiger partial charge on any atom is 0.238 e. The molecular formula is C12H10BrClN2O2. The topological polar surface area (TPSA) is 57.4 Å². The normalized spacial score (nSPS) is 10.2. The fourth-order valence-corrected chi connectivity index (χ4v) is 1.96. The molecule has 0 aliphatic heterocycles. The van der Waals surface area contributed by atoms with E-state index in [1.807, 2.05) is 0 Å². The van der Waals surface area contributed by atoms with Gasteiger partial charge in [-0.2, -0.15) is 0 Å². The second-order valence-corrected chi connectivity index (χ2v) is 4.72. The first kappa shape index (κ1) is 13.0. The van der Waals surface area contributed by atoms with Gasteiger partial charge in [0, 0.05) is 0 Å². The van der Waals surface area contributed by atoms with E-state index in [1.165, 1.54) is 6.20 Å². The molecule has 6 heteroatoms. The Hall–Kier alpha value is -1.46. The summed E-state index contributed by atoms with van der Waals surface area (Å²) in [6.45, 7) is 0. The van der Waals surface area contributed by atoms with Crippen LogP contribution in [0, 0.1) is 0 Å². The molecule has 0 saturated heterocycles. The highest BCUT2D eigenvalue weighted by atomic mass is 79.9. The van der Waals surface area contributed by atoms with Crippen molar-refractivity contribution in [2.45, 2.75) is 0 Å². The minimum absolute atomic E-state index is 0.303. The van der Waals surface area contributed by atoms with Crippen LogP contribution in [-0.2, 0) is 0 Å². The Morgan fingerprint density at radius 1 is 1.33 bits per heavy atom. The number of pyridine rings is 1. The Bertz CT molecular complexity index is 578. The van der Waals surface area contributed by atoms with Gasteiger partial charge in [0.05, 0.1) is 23.5 Å². The molecule has 1 aromatic heterocycles. The minimum atomic E-state index is 0.303. The first-order valence-electron chi connectivity index (χ1n) is 5.02. The van der Waals surface area contributed by atoms with Gasteiger partial charge in [-0.25, -0.2) is 4.98 Å². The van der Waals surface area contributed by atoms with Crippen LogP contribution in [0.15, 0.2) is 34.9 Å². The molecular weight excluding hydrogens is 320 g/mol. The summed E-state index contributed by atoms with van der Waals surface area (Å²) in [7, 11) is 1.60. The number of nitrogen functional groups attached to an aromatic ring is 1. The third-order valence-corrected chi connectivity index (χ3v) is 3.06. The molecule has 0 atom stereocenters. The number of anilines is 1. The SMILES string of the molecule is COc1ccc(Oc2ncc(N)cc2Cl)c(Br)c1. The van der Waals surface area contributed by atoms with Crippen molar-refractivity contribution >= 4 is 33.2 Å². The molecule has 2 aromatic rings. The fraction of sp³-hybridized carbons (Fsp3) is 0.0833. The summed E-state index contributed by atoms with van der Waals surface area (Å²) in [5.41, 5.74) is 6.05. The Labute approximate surface area is 118 Å². The van der Waals surface area contributed by atoms with Crippen molar-refractivity contribution in [3.05, 3.63) is 40.0 Å². The average molecular weight is 330 g/mol. The molecule has 0 aliphatic carbocycles. The van der Waals surface area contributed by atoms with E-state index >= 15 is 0 Å². The summed E-state index contributed by atoms with van der Waals surface area (Å²) >= 11 is 9.37. The van der Waals surface area contributed by atoms with Gasteiger partial charge < -0.3 is 15.2 Å². The smallest absolute Gasteiger partial charge is 0.238 e. The van der Waals surface area contributed by atoms with Crippen molar-refractivity contribution in [3.63, 3.8) is 0 Å². The monoisotopic (exact) mass is 328 g/mol. The minimum Gasteiger partial charge on any atom is -0.497 e. The summed E-state index contributed by atoms with van der Waals surface area (Å²) in [5, 5.41) is 0.359. The number of hydrogen-bond acceptors (Lipinski definition) is 4. The van der Waals surface area contributed by atoms with Gasteiger partial charge >= 0.3 is 0 Å². The van der Waals surface area contributed by atoms with Gasteiger partial charge in [0.1, 0.15) is 16.5 Å². The summed E-state index contributed by atoms with van der Waals surface area (Å²) in [5.74, 6) is 1.62. The number of rotatable bonds is 3. The van der Waals surface area contributed by atoms with Crippen LogP contribution >= 0.6 is 27.5 Å². The van der Waals surface area contributed by atoms with Gasteiger partial charge in [0.15, 0.2) is 0 Å². The van der Waals surface area contributed by atoms with Gasteiger partial charge in [0.2, 0.25) is 5.88 Å². The third kappa shape index (κ3) is 2.86. The van der Waals surface area contributed by atoms with E-state index in [1.54, 1.807) is 31.4 Å². The molecule has 0 aliphatic rings. The highest BCUT2D eigenvalue weighted by Crippen LogP contribution is 2.34. The van der Waals surface area contributed by atoms with E-state index in [9.17, 15) is 0 Å². The lowest BCUT2D eigenvalue weighted by Crippen LogP contribution is -1.93. The summed E-state index contributed by atoms with van der Waals surface area (Å²) in [4.78, 5) is 4.03. The molecule has 1 heterocycles. The number of hydrogen-bond donors (Lipinski definition) is 1. The predicted molar refractivity (Wildman–Crippen MR) is 74.4 cm³/mol. The van der Waals surface area contributed by atoms with Crippen molar-refractivity contribution in [3.8, 4) is 17.4 Å². The number of methoxy groups -OCH3 is 1. The van der Waals surface area contributed by atoms with Gasteiger partial charge in [0.25, 0.3) is 0 Å². The molecule has 0 unspecified atom stereocenters. The lowest BCUT2D eigenvalue weighted by molar-refractivity contribution is 0.411. The lowest BCUT2D eigenvalue weighted by atomic mass is 10.3. The highest BCUT2D eigenvalue weighted by Gasteiger charge is 2.09. The van der Waals surface area contributed by atoms with Crippen LogP contribution in [-0.4, -0.2) is 12.1 Å². The van der Waals surface area contributed by atoms with Gasteiger partial charge in [-0.1, -0.05) is 11.6 Å². The molecule has 0 bridgehead atoms. The van der Waals surface area contributed by atoms with E-state index in [0.29, 0.717) is 22.3 Å². The number of benzene rings is 1. The van der Waals surface area contributed by atoms with Gasteiger partial charge in [-0.15, -0.1) is 0 Å². The van der Waals surface area contributed by atoms with Crippen LogP contribution in [0.25, 0.3) is 0 Å². The first-order valence-corrected chi connectivity index (χ1v) is 6.19. The molecule has 0 saturated carbocycles. The molecule has 4 nitrogen and oxygen atoms in total. The van der Waals surface area contributed by atoms with Crippen LogP contribution in [0.2, 0.25) is 5.02 Å². The van der Waals surface area contributed by atoms with Crippen LogP contribution in [0.5, 0.6) is 17.4 Å². The number of nitrogens with zero attached hydrogens (tertiary/aromatic N) is 1. The Morgan fingerprint density at radius 3 is 2.72 bits per heavy atom. The van der Waals surface area contributed by atoms with E-state index in [2.05, 4.69) is 20.9 Å². The number of nitrogens with two attached hydrogens (primary N) is 1. The zero-order valence-electron chi connectivity index (χ0n) is 9.48. The molecule has 2 rings (SSSR count). The molecule has 2 N–H and O–H groups in total. The Morgan fingerprint density at radius 2 is 2.11 bits per heavy atom. The largest absolute Gasteiger partial charge is 0.497 e. The lowest BCUT2D eigenvalue weighted by Gasteiger charge is -2.09. The zero-order chi connectivity index (χ0) is 13.1. The molecule has 0 fully saturated rings. The number of ether oxygens (including phenoxy) is 2. The average Bonchev–Trinajstić information content (AvgIpc) is 2.34. The maximum atomic E-state index is 5.98. The zero-order valence-corrected chi connectivity index (χ0v) is 11.8. The standard InChI is InChI=1S/C12H10BrClN2O2/c1-17-8-2-3-11(9(13)5-8)18-12-10(14)4-7(15)6-16-12/h2-6H,15H2,1H3. The van der Waals surface area contributed by atoms with Crippen molar-refractivity contribution in [1.82, 2.24) is 4.98 Å². The predicted octanol–water partition coefficient (Wildman–Crippen LogP) is 3.88. The quantitative estimate of drug-likeness (QED) is 0.928. The van der Waals surface area contributed by atoms with Gasteiger partial charge in [-0.05, 0) is 40.2 Å². The van der Waals surface area contributed by atoms with E-state index < -0.39 is 0 Å². The maximum absolute atomic E-state index is 5.98. The van der Waals surface area contributed by atoms with E-state index in [-0.39, 0.29) is 0 Å². The second-order valence-electron chi connectivity index (χ2n) is 3.45. The first-order chi connectivity index (χ1) is 8.60. The Balaban J connectivity index is 2.28. The molecule has 0 spiro atoms. The molecule has 0 amide bonds. The van der Waals surface area contributed by atoms with Crippen LogP contribution in [0.4, 0.5) is 5.69 Å². The Kier molecular flexibility index (Phi) is 3.93. The van der Waals surface area contributed by atoms with Crippen molar-refractivity contribution in [2.75, 3.05) is 12.8 Å².